The lowest BCUT2D eigenvalue weighted by molar-refractivity contribution is 0.253. The topological polar surface area (TPSA) is 20.2 Å². The standard InChI is InChI=1S/C18H34OSi/c1-20(2,3)16-15-18(19)17-13-11-9-7-5-4-6-8-10-12-14-17/h13,15-16,18-19H,4-12,14H2,1-3H3/b16-15+,17-13+. The predicted octanol–water partition coefficient (Wildman–Crippen LogP) is 5.62. The average molecular weight is 295 g/mol. The highest BCUT2D eigenvalue weighted by Crippen LogP contribution is 2.20. The van der Waals surface area contributed by atoms with Crippen LogP contribution in [0.2, 0.25) is 19.6 Å². The Morgan fingerprint density at radius 1 is 0.950 bits per heavy atom. The first kappa shape index (κ1) is 17.7. The third kappa shape index (κ3) is 8.75. The van der Waals surface area contributed by atoms with Crippen LogP contribution in [0.1, 0.15) is 64.2 Å². The molecule has 0 saturated heterocycles. The van der Waals surface area contributed by atoms with Gasteiger partial charge in [-0.1, -0.05) is 76.0 Å². The summed E-state index contributed by atoms with van der Waals surface area (Å²) in [6.45, 7) is 6.93. The van der Waals surface area contributed by atoms with Gasteiger partial charge in [0.2, 0.25) is 0 Å². The van der Waals surface area contributed by atoms with Gasteiger partial charge in [0.25, 0.3) is 0 Å². The summed E-state index contributed by atoms with van der Waals surface area (Å²) < 4.78 is 0. The molecule has 1 N–H and O–H groups in total. The number of hydrogen-bond acceptors (Lipinski definition) is 1. The minimum Gasteiger partial charge on any atom is -0.385 e. The fourth-order valence-electron chi connectivity index (χ4n) is 2.70. The lowest BCUT2D eigenvalue weighted by Gasteiger charge is -2.15. The molecular weight excluding hydrogens is 260 g/mol. The molecule has 0 aromatic rings. The Hall–Kier alpha value is -0.343. The van der Waals surface area contributed by atoms with Crippen molar-refractivity contribution in [2.24, 2.45) is 0 Å². The Morgan fingerprint density at radius 2 is 1.50 bits per heavy atom. The largest absolute Gasteiger partial charge is 0.385 e. The van der Waals surface area contributed by atoms with E-state index >= 15 is 0 Å². The minimum absolute atomic E-state index is 0.343. The molecule has 116 valence electrons. The van der Waals surface area contributed by atoms with Crippen LogP contribution in [0.5, 0.6) is 0 Å². The van der Waals surface area contributed by atoms with Gasteiger partial charge in [0.05, 0.1) is 14.2 Å². The van der Waals surface area contributed by atoms with Gasteiger partial charge in [-0.25, -0.2) is 0 Å². The van der Waals surface area contributed by atoms with Gasteiger partial charge in [0.15, 0.2) is 0 Å². The van der Waals surface area contributed by atoms with Crippen LogP contribution in [0, 0.1) is 0 Å². The molecule has 0 heterocycles. The molecule has 0 bridgehead atoms. The van der Waals surface area contributed by atoms with Crippen LogP contribution in [-0.2, 0) is 0 Å². The number of aliphatic hydroxyl groups excluding tert-OH is 1. The summed E-state index contributed by atoms with van der Waals surface area (Å²) in [6.07, 6.45) is 17.0. The SMILES string of the molecule is C[Si](C)(C)/C=C/C(O)/C1=C/CCCCCCCCCC1. The maximum Gasteiger partial charge on any atom is 0.0928 e. The molecule has 1 aliphatic rings. The van der Waals surface area contributed by atoms with E-state index in [2.05, 4.69) is 31.4 Å². The van der Waals surface area contributed by atoms with Crippen molar-refractivity contribution in [1.82, 2.24) is 0 Å². The molecule has 0 aromatic carbocycles. The number of rotatable bonds is 3. The molecule has 0 fully saturated rings. The second kappa shape index (κ2) is 9.57. The first-order chi connectivity index (χ1) is 9.49. The van der Waals surface area contributed by atoms with Gasteiger partial charge in [-0.15, -0.1) is 0 Å². The van der Waals surface area contributed by atoms with Crippen LogP contribution in [-0.4, -0.2) is 19.3 Å². The van der Waals surface area contributed by atoms with Crippen LogP contribution in [0.4, 0.5) is 0 Å². The lowest BCUT2D eigenvalue weighted by Crippen LogP contribution is -2.18. The molecule has 1 rings (SSSR count). The van der Waals surface area contributed by atoms with E-state index in [-0.39, 0.29) is 6.10 Å². The van der Waals surface area contributed by atoms with Gasteiger partial charge in [-0.05, 0) is 31.3 Å². The second-order valence-electron chi connectivity index (χ2n) is 7.32. The Balaban J connectivity index is 2.58. The maximum atomic E-state index is 10.4. The average Bonchev–Trinajstić information content (AvgIpc) is 2.36. The van der Waals surface area contributed by atoms with Crippen molar-refractivity contribution >= 4 is 8.07 Å². The van der Waals surface area contributed by atoms with E-state index in [9.17, 15) is 5.11 Å². The van der Waals surface area contributed by atoms with Gasteiger partial charge in [0, 0.05) is 0 Å². The molecule has 1 aliphatic carbocycles. The molecule has 1 unspecified atom stereocenters. The van der Waals surface area contributed by atoms with Crippen molar-refractivity contribution in [3.8, 4) is 0 Å². The van der Waals surface area contributed by atoms with Crippen LogP contribution in [0.3, 0.4) is 0 Å². The monoisotopic (exact) mass is 294 g/mol. The summed E-state index contributed by atoms with van der Waals surface area (Å²) in [5, 5.41) is 10.4. The third-order valence-corrected chi connectivity index (χ3v) is 5.18. The van der Waals surface area contributed by atoms with E-state index in [0.29, 0.717) is 0 Å². The van der Waals surface area contributed by atoms with E-state index in [1.54, 1.807) is 0 Å². The number of allylic oxidation sites excluding steroid dienone is 1. The molecular formula is C18H34OSi. The van der Waals surface area contributed by atoms with Crippen LogP contribution >= 0.6 is 0 Å². The van der Waals surface area contributed by atoms with Crippen LogP contribution < -0.4 is 0 Å². The summed E-state index contributed by atoms with van der Waals surface area (Å²) in [6, 6.07) is 0. The second-order valence-corrected chi connectivity index (χ2v) is 12.4. The fourth-order valence-corrected chi connectivity index (χ4v) is 3.46. The van der Waals surface area contributed by atoms with Crippen molar-refractivity contribution in [3.63, 3.8) is 0 Å². The molecule has 20 heavy (non-hydrogen) atoms. The Bertz CT molecular complexity index is 312. The molecule has 2 heteroatoms. The molecule has 1 atom stereocenters. The first-order valence-corrected chi connectivity index (χ1v) is 12.1. The summed E-state index contributed by atoms with van der Waals surface area (Å²) in [7, 11) is -1.21. The van der Waals surface area contributed by atoms with Crippen molar-refractivity contribution in [1.29, 1.82) is 0 Å². The molecule has 0 saturated carbocycles. The van der Waals surface area contributed by atoms with E-state index in [1.165, 1.54) is 56.9 Å². The molecule has 0 amide bonds. The van der Waals surface area contributed by atoms with Crippen molar-refractivity contribution in [3.05, 3.63) is 23.4 Å². The Labute approximate surface area is 127 Å². The molecule has 0 aliphatic heterocycles. The first-order valence-electron chi connectivity index (χ1n) is 8.55. The molecule has 0 spiro atoms. The summed E-state index contributed by atoms with van der Waals surface area (Å²) in [5.74, 6) is 0. The lowest BCUT2D eigenvalue weighted by atomic mass is 9.97. The zero-order valence-corrected chi connectivity index (χ0v) is 14.8. The van der Waals surface area contributed by atoms with Gasteiger partial charge in [0.1, 0.15) is 0 Å². The smallest absolute Gasteiger partial charge is 0.0928 e. The van der Waals surface area contributed by atoms with Gasteiger partial charge >= 0.3 is 0 Å². The maximum absolute atomic E-state index is 10.4. The van der Waals surface area contributed by atoms with Crippen molar-refractivity contribution in [2.45, 2.75) is 90.0 Å². The summed E-state index contributed by atoms with van der Waals surface area (Å²) in [5.41, 5.74) is 3.54. The van der Waals surface area contributed by atoms with Crippen molar-refractivity contribution in [2.75, 3.05) is 0 Å². The predicted molar refractivity (Wildman–Crippen MR) is 92.7 cm³/mol. The molecule has 0 aromatic heterocycles. The Kier molecular flexibility index (Phi) is 8.47. The highest BCUT2D eigenvalue weighted by atomic mass is 28.3. The normalized spacial score (nSPS) is 24.5. The van der Waals surface area contributed by atoms with Crippen molar-refractivity contribution < 1.29 is 5.11 Å². The van der Waals surface area contributed by atoms with Crippen LogP contribution in [0.25, 0.3) is 0 Å². The van der Waals surface area contributed by atoms with E-state index in [1.807, 2.05) is 6.08 Å². The third-order valence-electron chi connectivity index (χ3n) is 3.98. The Morgan fingerprint density at radius 3 is 2.10 bits per heavy atom. The quantitative estimate of drug-likeness (QED) is 0.529. The summed E-state index contributed by atoms with van der Waals surface area (Å²) in [4.78, 5) is 0. The number of hydrogen-bond donors (Lipinski definition) is 1. The van der Waals surface area contributed by atoms with E-state index in [0.717, 1.165) is 12.8 Å². The minimum atomic E-state index is -1.21. The van der Waals surface area contributed by atoms with Gasteiger partial charge in [-0.2, -0.15) is 0 Å². The van der Waals surface area contributed by atoms with Crippen LogP contribution in [0.15, 0.2) is 23.4 Å². The summed E-state index contributed by atoms with van der Waals surface area (Å²) >= 11 is 0. The van der Waals surface area contributed by atoms with Gasteiger partial charge in [-0.3, -0.25) is 0 Å². The number of aliphatic hydroxyl groups is 1. The molecule has 1 nitrogen and oxygen atoms in total. The zero-order chi connectivity index (χ0) is 14.8. The van der Waals surface area contributed by atoms with E-state index < -0.39 is 8.07 Å². The van der Waals surface area contributed by atoms with Gasteiger partial charge < -0.3 is 5.11 Å². The molecule has 0 radical (unpaired) electrons. The zero-order valence-electron chi connectivity index (χ0n) is 13.8. The highest BCUT2D eigenvalue weighted by Gasteiger charge is 2.11. The van der Waals surface area contributed by atoms with E-state index in [4.69, 9.17) is 0 Å². The highest BCUT2D eigenvalue weighted by molar-refractivity contribution is 6.80. The fraction of sp³-hybridized carbons (Fsp3) is 0.778.